The van der Waals surface area contributed by atoms with Crippen LogP contribution in [0.3, 0.4) is 0 Å². The van der Waals surface area contributed by atoms with Gasteiger partial charge in [0.2, 0.25) is 0 Å². The Balaban J connectivity index is 1.80. The molecule has 0 saturated heterocycles. The number of methoxy groups -OCH3 is 1. The molecule has 3 nitrogen and oxygen atoms in total. The molecule has 0 heterocycles. The molecule has 138 valence electrons. The molecule has 2 aromatic carbocycles. The molecule has 3 rings (SSSR count). The summed E-state index contributed by atoms with van der Waals surface area (Å²) in [7, 11) is 1.31. The monoisotopic (exact) mass is 364 g/mol. The van der Waals surface area contributed by atoms with Gasteiger partial charge >= 0.3 is 12.1 Å². The van der Waals surface area contributed by atoms with Crippen molar-refractivity contribution in [2.24, 2.45) is 5.92 Å². The summed E-state index contributed by atoms with van der Waals surface area (Å²) < 4.78 is 49.7. The van der Waals surface area contributed by atoms with E-state index in [9.17, 15) is 18.0 Å². The third-order valence-electron chi connectivity index (χ3n) is 4.69. The first-order chi connectivity index (χ1) is 12.4. The Labute approximate surface area is 149 Å². The number of hydrogen-bond donors (Lipinski definition) is 0. The second kappa shape index (κ2) is 7.40. The Hall–Kier alpha value is -2.50. The number of esters is 1. The van der Waals surface area contributed by atoms with E-state index in [1.807, 2.05) is 30.3 Å². The molecular weight excluding hydrogens is 345 g/mol. The van der Waals surface area contributed by atoms with Crippen LogP contribution in [0.5, 0.6) is 5.75 Å². The van der Waals surface area contributed by atoms with Gasteiger partial charge < -0.3 is 9.47 Å². The Bertz CT molecular complexity index is 766. The summed E-state index contributed by atoms with van der Waals surface area (Å²) in [6, 6.07) is 12.9. The topological polar surface area (TPSA) is 35.5 Å². The lowest BCUT2D eigenvalue weighted by molar-refractivity contribution is -0.149. The fourth-order valence-electron chi connectivity index (χ4n) is 3.14. The van der Waals surface area contributed by atoms with Gasteiger partial charge in [0.15, 0.2) is 0 Å². The van der Waals surface area contributed by atoms with Crippen LogP contribution in [0.2, 0.25) is 0 Å². The van der Waals surface area contributed by atoms with Gasteiger partial charge in [-0.25, -0.2) is 0 Å². The first-order valence-corrected chi connectivity index (χ1v) is 8.34. The molecular formula is C20H19F3O3. The SMILES string of the molecule is COC(=O)C1CC(c2cc(C(F)(F)F)ccc2OCc2ccccc2)C1. The molecule has 26 heavy (non-hydrogen) atoms. The lowest BCUT2D eigenvalue weighted by atomic mass is 9.71. The second-order valence-corrected chi connectivity index (χ2v) is 6.41. The number of carbonyl (C=O) groups is 1. The van der Waals surface area contributed by atoms with E-state index >= 15 is 0 Å². The van der Waals surface area contributed by atoms with Crippen LogP contribution in [0.15, 0.2) is 48.5 Å². The van der Waals surface area contributed by atoms with Crippen molar-refractivity contribution in [3.05, 3.63) is 65.2 Å². The normalized spacial score (nSPS) is 19.5. The van der Waals surface area contributed by atoms with E-state index in [1.165, 1.54) is 13.2 Å². The number of hydrogen-bond acceptors (Lipinski definition) is 3. The minimum atomic E-state index is -4.42. The van der Waals surface area contributed by atoms with Gasteiger partial charge in [0.1, 0.15) is 12.4 Å². The Morgan fingerprint density at radius 2 is 1.81 bits per heavy atom. The van der Waals surface area contributed by atoms with Gasteiger partial charge in [0.25, 0.3) is 0 Å². The third-order valence-corrected chi connectivity index (χ3v) is 4.69. The summed E-state index contributed by atoms with van der Waals surface area (Å²) in [5.41, 5.74) is 0.719. The summed E-state index contributed by atoms with van der Waals surface area (Å²) in [6.07, 6.45) is -3.48. The molecule has 0 unspecified atom stereocenters. The number of benzene rings is 2. The van der Waals surface area contributed by atoms with Crippen LogP contribution in [0.25, 0.3) is 0 Å². The summed E-state index contributed by atoms with van der Waals surface area (Å²) >= 11 is 0. The zero-order valence-electron chi connectivity index (χ0n) is 14.3. The Morgan fingerprint density at radius 1 is 1.12 bits per heavy atom. The molecule has 0 amide bonds. The van der Waals surface area contributed by atoms with Crippen molar-refractivity contribution in [2.75, 3.05) is 7.11 Å². The lowest BCUT2D eigenvalue weighted by Crippen LogP contribution is -2.30. The van der Waals surface area contributed by atoms with Gasteiger partial charge in [-0.15, -0.1) is 0 Å². The largest absolute Gasteiger partial charge is 0.489 e. The van der Waals surface area contributed by atoms with Crippen molar-refractivity contribution in [3.63, 3.8) is 0 Å². The van der Waals surface area contributed by atoms with Crippen molar-refractivity contribution >= 4 is 5.97 Å². The summed E-state index contributed by atoms with van der Waals surface area (Å²) in [4.78, 5) is 11.6. The van der Waals surface area contributed by atoms with Crippen LogP contribution < -0.4 is 4.74 Å². The zero-order chi connectivity index (χ0) is 18.7. The van der Waals surface area contributed by atoms with Crippen molar-refractivity contribution in [2.45, 2.75) is 31.5 Å². The first kappa shape index (κ1) is 18.3. The average molecular weight is 364 g/mol. The van der Waals surface area contributed by atoms with Crippen LogP contribution in [0, 0.1) is 5.92 Å². The van der Waals surface area contributed by atoms with E-state index in [2.05, 4.69) is 0 Å². The van der Waals surface area contributed by atoms with Crippen molar-refractivity contribution in [1.29, 1.82) is 0 Å². The molecule has 0 N–H and O–H groups in total. The van der Waals surface area contributed by atoms with Crippen LogP contribution in [-0.2, 0) is 22.3 Å². The molecule has 0 radical (unpaired) electrons. The highest BCUT2D eigenvalue weighted by Gasteiger charge is 2.39. The minimum absolute atomic E-state index is 0.146. The standard InChI is InChI=1S/C20H19F3O3/c1-25-19(24)15-9-14(10-15)17-11-16(20(21,22)23)7-8-18(17)26-12-13-5-3-2-4-6-13/h2-8,11,14-15H,9-10,12H2,1H3. The first-order valence-electron chi connectivity index (χ1n) is 8.34. The maximum Gasteiger partial charge on any atom is 0.416 e. The molecule has 1 saturated carbocycles. The van der Waals surface area contributed by atoms with Crippen LogP contribution >= 0.6 is 0 Å². The zero-order valence-corrected chi connectivity index (χ0v) is 14.3. The smallest absolute Gasteiger partial charge is 0.416 e. The second-order valence-electron chi connectivity index (χ2n) is 6.41. The van der Waals surface area contributed by atoms with E-state index in [0.29, 0.717) is 24.2 Å². The quantitative estimate of drug-likeness (QED) is 0.704. The third kappa shape index (κ3) is 4.00. The lowest BCUT2D eigenvalue weighted by Gasteiger charge is -2.34. The molecule has 0 spiro atoms. The van der Waals surface area contributed by atoms with Gasteiger partial charge in [0.05, 0.1) is 18.6 Å². The predicted molar refractivity (Wildman–Crippen MR) is 89.7 cm³/mol. The van der Waals surface area contributed by atoms with E-state index in [1.54, 1.807) is 0 Å². The average Bonchev–Trinajstić information content (AvgIpc) is 2.59. The highest BCUT2D eigenvalue weighted by atomic mass is 19.4. The van der Waals surface area contributed by atoms with Crippen molar-refractivity contribution in [3.8, 4) is 5.75 Å². The molecule has 1 fully saturated rings. The number of carbonyl (C=O) groups excluding carboxylic acids is 1. The Kier molecular flexibility index (Phi) is 5.20. The van der Waals surface area contributed by atoms with E-state index < -0.39 is 11.7 Å². The highest BCUT2D eigenvalue weighted by Crippen LogP contribution is 2.47. The number of ether oxygens (including phenoxy) is 2. The van der Waals surface area contributed by atoms with Crippen molar-refractivity contribution in [1.82, 2.24) is 0 Å². The van der Waals surface area contributed by atoms with Crippen LogP contribution in [0.4, 0.5) is 13.2 Å². The van der Waals surface area contributed by atoms with Gasteiger partial charge in [-0.2, -0.15) is 13.2 Å². The minimum Gasteiger partial charge on any atom is -0.489 e. The van der Waals surface area contributed by atoms with E-state index in [-0.39, 0.29) is 24.4 Å². The van der Waals surface area contributed by atoms with Gasteiger partial charge in [0, 0.05) is 0 Å². The highest BCUT2D eigenvalue weighted by molar-refractivity contribution is 5.73. The van der Waals surface area contributed by atoms with Gasteiger partial charge in [-0.3, -0.25) is 4.79 Å². The predicted octanol–water partition coefficient (Wildman–Crippen LogP) is 4.95. The van der Waals surface area contributed by atoms with E-state index in [4.69, 9.17) is 9.47 Å². The molecule has 1 aliphatic rings. The molecule has 6 heteroatoms. The molecule has 0 bridgehead atoms. The number of halogens is 3. The summed E-state index contributed by atoms with van der Waals surface area (Å²) in [5, 5.41) is 0. The summed E-state index contributed by atoms with van der Waals surface area (Å²) in [6.45, 7) is 0.270. The maximum atomic E-state index is 13.1. The fraction of sp³-hybridized carbons (Fsp3) is 0.350. The molecule has 0 aliphatic heterocycles. The molecule has 0 atom stereocenters. The number of alkyl halides is 3. The van der Waals surface area contributed by atoms with Crippen molar-refractivity contribution < 1.29 is 27.4 Å². The molecule has 2 aromatic rings. The Morgan fingerprint density at radius 3 is 2.42 bits per heavy atom. The summed E-state index contributed by atoms with van der Waals surface area (Å²) in [5.74, 6) is -0.302. The molecule has 0 aromatic heterocycles. The van der Waals surface area contributed by atoms with E-state index in [0.717, 1.165) is 17.7 Å². The molecule has 1 aliphatic carbocycles. The maximum absolute atomic E-state index is 13.1. The van der Waals surface area contributed by atoms with Gasteiger partial charge in [-0.05, 0) is 48.1 Å². The van der Waals surface area contributed by atoms with Crippen LogP contribution in [0.1, 0.15) is 35.4 Å². The fourth-order valence-corrected chi connectivity index (χ4v) is 3.14. The van der Waals surface area contributed by atoms with Crippen LogP contribution in [-0.4, -0.2) is 13.1 Å². The van der Waals surface area contributed by atoms with Gasteiger partial charge in [-0.1, -0.05) is 30.3 Å². The number of rotatable bonds is 5.